The van der Waals surface area contributed by atoms with E-state index in [4.69, 9.17) is 5.73 Å². The largest absolute Gasteiger partial charge is 0.346 e. The summed E-state index contributed by atoms with van der Waals surface area (Å²) in [6.07, 6.45) is 8.81. The van der Waals surface area contributed by atoms with Gasteiger partial charge in [0.15, 0.2) is 0 Å². The highest BCUT2D eigenvalue weighted by Gasteiger charge is 2.33. The Labute approximate surface area is 136 Å². The van der Waals surface area contributed by atoms with Crippen LogP contribution < -0.4 is 5.73 Å². The number of nitrogens with two attached hydrogens (primary N) is 1. The normalized spacial score (nSPS) is 26.0. The van der Waals surface area contributed by atoms with Gasteiger partial charge < -0.3 is 15.6 Å². The Morgan fingerprint density at radius 3 is 2.83 bits per heavy atom. The zero-order valence-corrected chi connectivity index (χ0v) is 13.4. The molecule has 4 rings (SSSR count). The molecule has 1 saturated carbocycles. The van der Waals surface area contributed by atoms with Crippen LogP contribution in [0, 0.1) is 5.92 Å². The fraction of sp³-hybridized carbons (Fsp3) is 0.556. The van der Waals surface area contributed by atoms with Crippen molar-refractivity contribution in [3.63, 3.8) is 0 Å². The highest BCUT2D eigenvalue weighted by molar-refractivity contribution is 5.81. The van der Waals surface area contributed by atoms with Gasteiger partial charge in [-0.1, -0.05) is 0 Å². The first-order valence-electron chi connectivity index (χ1n) is 8.68. The summed E-state index contributed by atoms with van der Waals surface area (Å²) in [5.74, 6) is 1.01. The Balaban J connectivity index is 1.42. The van der Waals surface area contributed by atoms with E-state index >= 15 is 0 Å². The summed E-state index contributed by atoms with van der Waals surface area (Å²) >= 11 is 0. The second-order valence-corrected chi connectivity index (χ2v) is 7.01. The highest BCUT2D eigenvalue weighted by atomic mass is 16.2. The van der Waals surface area contributed by atoms with Crippen LogP contribution in [0.15, 0.2) is 24.5 Å². The van der Waals surface area contributed by atoms with Crippen LogP contribution in [-0.2, 0) is 4.79 Å². The Hall–Kier alpha value is -1.88. The second kappa shape index (κ2) is 5.96. The molecule has 0 spiro atoms. The van der Waals surface area contributed by atoms with E-state index in [2.05, 4.69) is 27.1 Å². The number of nitrogens with one attached hydrogen (secondary N) is 1. The summed E-state index contributed by atoms with van der Waals surface area (Å²) in [6.45, 7) is 1.73. The summed E-state index contributed by atoms with van der Waals surface area (Å²) in [5.41, 5.74) is 8.26. The quantitative estimate of drug-likeness (QED) is 0.894. The average molecular weight is 312 g/mol. The van der Waals surface area contributed by atoms with Crippen molar-refractivity contribution in [1.82, 2.24) is 14.9 Å². The molecule has 2 fully saturated rings. The molecule has 1 saturated heterocycles. The van der Waals surface area contributed by atoms with Crippen LogP contribution in [-0.4, -0.2) is 39.9 Å². The summed E-state index contributed by atoms with van der Waals surface area (Å²) in [4.78, 5) is 22.3. The molecular formula is C18H24N4O. The van der Waals surface area contributed by atoms with Gasteiger partial charge in [0.2, 0.25) is 5.91 Å². The first-order valence-corrected chi connectivity index (χ1v) is 8.68. The summed E-state index contributed by atoms with van der Waals surface area (Å²) in [7, 11) is 0. The molecule has 1 aliphatic heterocycles. The van der Waals surface area contributed by atoms with Gasteiger partial charge in [-0.15, -0.1) is 0 Å². The van der Waals surface area contributed by atoms with E-state index < -0.39 is 0 Å². The number of piperidine rings is 1. The van der Waals surface area contributed by atoms with Gasteiger partial charge in [-0.25, -0.2) is 4.98 Å². The summed E-state index contributed by atoms with van der Waals surface area (Å²) < 4.78 is 0. The molecule has 0 radical (unpaired) electrons. The Morgan fingerprint density at radius 1 is 1.26 bits per heavy atom. The Kier molecular flexibility index (Phi) is 3.81. The fourth-order valence-electron chi connectivity index (χ4n) is 4.22. The number of likely N-dealkylation sites (tertiary alicyclic amines) is 1. The highest BCUT2D eigenvalue weighted by Crippen LogP contribution is 2.34. The molecule has 2 unspecified atom stereocenters. The lowest BCUT2D eigenvalue weighted by molar-refractivity contribution is -0.136. The predicted octanol–water partition coefficient (Wildman–Crippen LogP) is 2.40. The van der Waals surface area contributed by atoms with Crippen molar-refractivity contribution in [2.24, 2.45) is 11.7 Å². The molecule has 5 nitrogen and oxygen atoms in total. The molecule has 3 heterocycles. The zero-order chi connectivity index (χ0) is 15.8. The number of hydrogen-bond acceptors (Lipinski definition) is 3. The Morgan fingerprint density at radius 2 is 2.09 bits per heavy atom. The number of aromatic nitrogens is 2. The van der Waals surface area contributed by atoms with Gasteiger partial charge >= 0.3 is 0 Å². The van der Waals surface area contributed by atoms with Crippen molar-refractivity contribution in [3.05, 3.63) is 30.1 Å². The number of rotatable bonds is 2. The molecule has 122 valence electrons. The number of nitrogens with zero attached hydrogens (tertiary/aromatic N) is 2. The van der Waals surface area contributed by atoms with E-state index in [1.165, 1.54) is 10.9 Å². The maximum absolute atomic E-state index is 12.6. The lowest BCUT2D eigenvalue weighted by atomic mass is 9.89. The molecule has 0 aromatic carbocycles. The van der Waals surface area contributed by atoms with E-state index in [1.54, 1.807) is 0 Å². The summed E-state index contributed by atoms with van der Waals surface area (Å²) in [6, 6.07) is 4.34. The lowest BCUT2D eigenvalue weighted by Gasteiger charge is -2.33. The first-order chi connectivity index (χ1) is 11.2. The molecule has 2 aliphatic rings. The number of fused-ring (bicyclic) bond motifs is 1. The topological polar surface area (TPSA) is 75.0 Å². The number of aromatic amines is 1. The van der Waals surface area contributed by atoms with Gasteiger partial charge in [0.1, 0.15) is 5.65 Å². The van der Waals surface area contributed by atoms with Gasteiger partial charge in [0.25, 0.3) is 0 Å². The van der Waals surface area contributed by atoms with E-state index in [9.17, 15) is 4.79 Å². The van der Waals surface area contributed by atoms with Crippen LogP contribution >= 0.6 is 0 Å². The van der Waals surface area contributed by atoms with Crippen molar-refractivity contribution in [3.8, 4) is 0 Å². The van der Waals surface area contributed by atoms with Gasteiger partial charge in [-0.3, -0.25) is 4.79 Å². The smallest absolute Gasteiger partial charge is 0.225 e. The number of pyridine rings is 1. The maximum Gasteiger partial charge on any atom is 0.225 e. The molecule has 1 aliphatic carbocycles. The second-order valence-electron chi connectivity index (χ2n) is 7.01. The molecule has 2 aromatic heterocycles. The molecular weight excluding hydrogens is 288 g/mol. The van der Waals surface area contributed by atoms with Crippen LogP contribution in [0.2, 0.25) is 0 Å². The minimum atomic E-state index is 0.166. The third kappa shape index (κ3) is 2.74. The van der Waals surface area contributed by atoms with Gasteiger partial charge in [-0.2, -0.15) is 0 Å². The predicted molar refractivity (Wildman–Crippen MR) is 90.0 cm³/mol. The van der Waals surface area contributed by atoms with Crippen LogP contribution in [0.1, 0.15) is 43.6 Å². The van der Waals surface area contributed by atoms with Crippen molar-refractivity contribution in [2.45, 2.75) is 44.1 Å². The molecule has 3 N–H and O–H groups in total. The van der Waals surface area contributed by atoms with E-state index in [0.717, 1.165) is 50.8 Å². The van der Waals surface area contributed by atoms with E-state index in [0.29, 0.717) is 11.8 Å². The minimum absolute atomic E-state index is 0.166. The van der Waals surface area contributed by atoms with Gasteiger partial charge in [-0.05, 0) is 55.7 Å². The van der Waals surface area contributed by atoms with Gasteiger partial charge in [0, 0.05) is 42.8 Å². The van der Waals surface area contributed by atoms with Gasteiger partial charge in [0.05, 0.1) is 0 Å². The third-order valence-corrected chi connectivity index (χ3v) is 5.55. The molecule has 0 bridgehead atoms. The molecule has 1 amide bonds. The average Bonchev–Trinajstić information content (AvgIpc) is 3.21. The van der Waals surface area contributed by atoms with Crippen molar-refractivity contribution in [2.75, 3.05) is 13.1 Å². The molecule has 2 aromatic rings. The van der Waals surface area contributed by atoms with Crippen LogP contribution in [0.5, 0.6) is 0 Å². The lowest BCUT2D eigenvalue weighted by Crippen LogP contribution is -2.41. The standard InChI is InChI=1S/C18H24N4O/c19-14-4-3-13(10-14)18(23)22-8-5-12(6-9-22)16-11-21-17-15(16)2-1-7-20-17/h1-2,7,11-14H,3-6,8-10,19H2,(H,20,21). The van der Waals surface area contributed by atoms with Crippen LogP contribution in [0.4, 0.5) is 0 Å². The monoisotopic (exact) mass is 312 g/mol. The maximum atomic E-state index is 12.6. The Bertz CT molecular complexity index is 702. The van der Waals surface area contributed by atoms with E-state index in [-0.39, 0.29) is 12.0 Å². The number of H-pyrrole nitrogens is 1. The molecule has 23 heavy (non-hydrogen) atoms. The molecule has 5 heteroatoms. The number of amides is 1. The molecule has 2 atom stereocenters. The SMILES string of the molecule is NC1CCC(C(=O)N2CCC(c3c[nH]c4ncccc34)CC2)C1. The number of carbonyl (C=O) groups is 1. The number of hydrogen-bond donors (Lipinski definition) is 2. The first kappa shape index (κ1) is 14.7. The fourth-order valence-corrected chi connectivity index (χ4v) is 4.22. The van der Waals surface area contributed by atoms with Crippen molar-refractivity contribution < 1.29 is 4.79 Å². The number of carbonyl (C=O) groups excluding carboxylic acids is 1. The zero-order valence-electron chi connectivity index (χ0n) is 13.4. The van der Waals surface area contributed by atoms with Crippen molar-refractivity contribution >= 4 is 16.9 Å². The minimum Gasteiger partial charge on any atom is -0.346 e. The third-order valence-electron chi connectivity index (χ3n) is 5.55. The van der Waals surface area contributed by atoms with Crippen molar-refractivity contribution in [1.29, 1.82) is 0 Å². The van der Waals surface area contributed by atoms with Crippen LogP contribution in [0.25, 0.3) is 11.0 Å². The summed E-state index contributed by atoms with van der Waals surface area (Å²) in [5, 5.41) is 1.22. The van der Waals surface area contributed by atoms with E-state index in [1.807, 2.05) is 12.3 Å². The van der Waals surface area contributed by atoms with Crippen LogP contribution in [0.3, 0.4) is 0 Å².